The van der Waals surface area contributed by atoms with Gasteiger partial charge in [-0.3, -0.25) is 14.5 Å². The number of hydrogen-bond donors (Lipinski definition) is 1. The minimum absolute atomic E-state index is 0.107. The third-order valence-electron chi connectivity index (χ3n) is 5.69. The van der Waals surface area contributed by atoms with E-state index < -0.39 is 6.04 Å². The molecule has 2 aromatic heterocycles. The first-order valence-electron chi connectivity index (χ1n) is 10.6. The number of carbonyl (C=O) groups is 2. The fourth-order valence-electron chi connectivity index (χ4n) is 4.07. The monoisotopic (exact) mass is 438 g/mol. The van der Waals surface area contributed by atoms with E-state index >= 15 is 0 Å². The van der Waals surface area contributed by atoms with Gasteiger partial charge >= 0.3 is 0 Å². The number of nitrogens with zero attached hydrogens (tertiary/aromatic N) is 3. The van der Waals surface area contributed by atoms with Gasteiger partial charge in [-0.05, 0) is 67.5 Å². The molecule has 1 saturated carbocycles. The van der Waals surface area contributed by atoms with E-state index in [2.05, 4.69) is 14.9 Å². The molecule has 8 heteroatoms. The number of rotatable bonds is 6. The maximum absolute atomic E-state index is 13.6. The molecule has 31 heavy (non-hydrogen) atoms. The second-order valence-electron chi connectivity index (χ2n) is 8.02. The molecular weight excluding hydrogens is 412 g/mol. The van der Waals surface area contributed by atoms with Crippen LogP contribution in [0.5, 0.6) is 0 Å². The van der Waals surface area contributed by atoms with Crippen LogP contribution in [0.2, 0.25) is 0 Å². The van der Waals surface area contributed by atoms with Crippen molar-refractivity contribution in [3.05, 3.63) is 64.6 Å². The molecule has 162 valence electrons. The number of benzene rings is 1. The molecule has 0 aliphatic heterocycles. The van der Waals surface area contributed by atoms with Crippen LogP contribution in [0.25, 0.3) is 0 Å². The minimum atomic E-state index is -0.952. The van der Waals surface area contributed by atoms with Crippen LogP contribution in [0, 0.1) is 13.8 Å². The molecule has 1 atom stereocenters. The molecule has 1 aliphatic rings. The first kappa shape index (κ1) is 21.2. The molecule has 0 saturated heterocycles. The zero-order chi connectivity index (χ0) is 21.8. The van der Waals surface area contributed by atoms with Gasteiger partial charge in [-0.1, -0.05) is 35.9 Å². The molecular formula is C23H26N4O3S. The Labute approximate surface area is 185 Å². The lowest BCUT2D eigenvalue weighted by Gasteiger charge is -2.32. The van der Waals surface area contributed by atoms with Gasteiger partial charge in [-0.15, -0.1) is 5.10 Å². The Balaban J connectivity index is 1.78. The highest BCUT2D eigenvalue weighted by atomic mass is 32.1. The summed E-state index contributed by atoms with van der Waals surface area (Å²) >= 11 is 1.10. The van der Waals surface area contributed by atoms with E-state index in [1.54, 1.807) is 17.5 Å². The lowest BCUT2D eigenvalue weighted by atomic mass is 9.95. The van der Waals surface area contributed by atoms with E-state index in [4.69, 9.17) is 4.42 Å². The molecule has 7 nitrogen and oxygen atoms in total. The Bertz CT molecular complexity index is 1030. The maximum Gasteiger partial charge on any atom is 0.280 e. The first-order valence-corrected chi connectivity index (χ1v) is 11.4. The van der Waals surface area contributed by atoms with E-state index in [1.165, 1.54) is 17.6 Å². The lowest BCUT2D eigenvalue weighted by Crippen LogP contribution is -2.47. The minimum Gasteiger partial charge on any atom is -0.467 e. The van der Waals surface area contributed by atoms with Crippen LogP contribution in [-0.2, 0) is 4.79 Å². The topological polar surface area (TPSA) is 88.3 Å². The second-order valence-corrected chi connectivity index (χ2v) is 8.63. The SMILES string of the molecule is Cc1ccc(C)c(N(C(=O)c2csnn2)C(C(=O)NC2CCCCC2)c2ccco2)c1. The van der Waals surface area contributed by atoms with Gasteiger partial charge < -0.3 is 9.73 Å². The predicted octanol–water partition coefficient (Wildman–Crippen LogP) is 4.58. The fourth-order valence-corrected chi connectivity index (χ4v) is 4.50. The summed E-state index contributed by atoms with van der Waals surface area (Å²) in [7, 11) is 0. The smallest absolute Gasteiger partial charge is 0.280 e. The number of anilines is 1. The fraction of sp³-hybridized carbons (Fsp3) is 0.391. The van der Waals surface area contributed by atoms with Gasteiger partial charge in [-0.25, -0.2) is 0 Å². The molecule has 4 rings (SSSR count). The van der Waals surface area contributed by atoms with Crippen LogP contribution in [0.3, 0.4) is 0 Å². The first-order chi connectivity index (χ1) is 15.0. The Kier molecular flexibility index (Phi) is 6.46. The van der Waals surface area contributed by atoms with Crippen LogP contribution in [0.15, 0.2) is 46.4 Å². The number of hydrogen-bond acceptors (Lipinski definition) is 6. The molecule has 1 N–H and O–H groups in total. The molecule has 2 amide bonds. The van der Waals surface area contributed by atoms with Crippen molar-refractivity contribution in [3.8, 4) is 0 Å². The zero-order valence-electron chi connectivity index (χ0n) is 17.7. The van der Waals surface area contributed by atoms with Crippen LogP contribution in [0.1, 0.15) is 65.5 Å². The summed E-state index contributed by atoms with van der Waals surface area (Å²) in [6, 6.07) is 8.46. The summed E-state index contributed by atoms with van der Waals surface area (Å²) in [5.41, 5.74) is 2.72. The quantitative estimate of drug-likeness (QED) is 0.608. The number of furan rings is 1. The standard InChI is InChI=1S/C23H26N4O3S/c1-15-10-11-16(2)19(13-15)27(23(29)18-14-31-26-25-18)21(20-9-6-12-30-20)22(28)24-17-7-4-3-5-8-17/h6,9-14,17,21H,3-5,7-8H2,1-2H3,(H,24,28). The molecule has 1 unspecified atom stereocenters. The molecule has 0 spiro atoms. The van der Waals surface area contributed by atoms with Gasteiger partial charge in [0.05, 0.1) is 6.26 Å². The van der Waals surface area contributed by atoms with Gasteiger partial charge in [0.15, 0.2) is 11.7 Å². The highest BCUT2D eigenvalue weighted by Crippen LogP contribution is 2.33. The van der Waals surface area contributed by atoms with Crippen molar-refractivity contribution in [1.82, 2.24) is 14.9 Å². The van der Waals surface area contributed by atoms with E-state index in [1.807, 2.05) is 32.0 Å². The highest BCUT2D eigenvalue weighted by Gasteiger charge is 2.37. The Morgan fingerprint density at radius 3 is 2.68 bits per heavy atom. The molecule has 1 fully saturated rings. The van der Waals surface area contributed by atoms with E-state index in [-0.39, 0.29) is 23.6 Å². The Hall–Kier alpha value is -3.00. The normalized spacial score (nSPS) is 15.4. The summed E-state index contributed by atoms with van der Waals surface area (Å²) in [5, 5.41) is 8.73. The van der Waals surface area contributed by atoms with Gasteiger partial charge in [0.2, 0.25) is 0 Å². The Morgan fingerprint density at radius 2 is 2.00 bits per heavy atom. The van der Waals surface area contributed by atoms with E-state index in [9.17, 15) is 9.59 Å². The average molecular weight is 439 g/mol. The van der Waals surface area contributed by atoms with Crippen LogP contribution in [0.4, 0.5) is 5.69 Å². The predicted molar refractivity (Wildman–Crippen MR) is 119 cm³/mol. The number of amides is 2. The molecule has 0 bridgehead atoms. The lowest BCUT2D eigenvalue weighted by molar-refractivity contribution is -0.123. The molecule has 1 aromatic carbocycles. The molecule has 0 radical (unpaired) electrons. The van der Waals surface area contributed by atoms with Gasteiger partial charge in [0, 0.05) is 17.1 Å². The van der Waals surface area contributed by atoms with Crippen LogP contribution >= 0.6 is 11.5 Å². The molecule has 1 aliphatic carbocycles. The van der Waals surface area contributed by atoms with Crippen molar-refractivity contribution in [3.63, 3.8) is 0 Å². The summed E-state index contributed by atoms with van der Waals surface area (Å²) in [5.74, 6) is -0.229. The van der Waals surface area contributed by atoms with E-state index in [0.717, 1.165) is 48.3 Å². The van der Waals surface area contributed by atoms with E-state index in [0.29, 0.717) is 11.4 Å². The average Bonchev–Trinajstić information content (AvgIpc) is 3.48. The molecule has 2 heterocycles. The second kappa shape index (κ2) is 9.43. The number of aromatic nitrogens is 2. The van der Waals surface area contributed by atoms with Crippen LogP contribution in [-0.4, -0.2) is 27.4 Å². The van der Waals surface area contributed by atoms with Crippen molar-refractivity contribution >= 4 is 29.0 Å². The summed E-state index contributed by atoms with van der Waals surface area (Å²) in [4.78, 5) is 28.7. The van der Waals surface area contributed by atoms with Crippen LogP contribution < -0.4 is 10.2 Å². The maximum atomic E-state index is 13.6. The highest BCUT2D eigenvalue weighted by molar-refractivity contribution is 7.03. The summed E-state index contributed by atoms with van der Waals surface area (Å²) in [6.45, 7) is 3.88. The largest absolute Gasteiger partial charge is 0.467 e. The van der Waals surface area contributed by atoms with Crippen molar-refractivity contribution in [2.45, 2.75) is 58.0 Å². The third-order valence-corrected chi connectivity index (χ3v) is 6.20. The van der Waals surface area contributed by atoms with Crippen molar-refractivity contribution in [2.75, 3.05) is 4.90 Å². The van der Waals surface area contributed by atoms with Gasteiger partial charge in [-0.2, -0.15) is 0 Å². The zero-order valence-corrected chi connectivity index (χ0v) is 18.5. The van der Waals surface area contributed by atoms with Gasteiger partial charge in [0.25, 0.3) is 11.8 Å². The summed E-state index contributed by atoms with van der Waals surface area (Å²) < 4.78 is 9.50. The Morgan fingerprint density at radius 1 is 1.19 bits per heavy atom. The number of aryl methyl sites for hydroxylation is 2. The molecule has 3 aromatic rings. The van der Waals surface area contributed by atoms with Crippen molar-refractivity contribution in [2.24, 2.45) is 0 Å². The number of nitrogens with one attached hydrogen (secondary N) is 1. The third kappa shape index (κ3) is 4.69. The van der Waals surface area contributed by atoms with Crippen molar-refractivity contribution < 1.29 is 14.0 Å². The van der Waals surface area contributed by atoms with Crippen molar-refractivity contribution in [1.29, 1.82) is 0 Å². The summed E-state index contributed by atoms with van der Waals surface area (Å²) in [6.07, 6.45) is 6.80. The number of carbonyl (C=O) groups excluding carboxylic acids is 2. The van der Waals surface area contributed by atoms with Gasteiger partial charge in [0.1, 0.15) is 5.76 Å².